The average molecular weight is 283 g/mol. The molecule has 0 bridgehead atoms. The van der Waals surface area contributed by atoms with Crippen LogP contribution in [0.15, 0.2) is 0 Å². The number of likely N-dealkylation sites (N-methyl/N-ethyl adjacent to an activating group) is 1. The van der Waals surface area contributed by atoms with Crippen LogP contribution in [0.5, 0.6) is 0 Å². The number of carbonyl (C=O) groups excluding carboxylic acids is 1. The number of hydrogen-bond donors (Lipinski definition) is 2. The smallest absolute Gasteiger partial charge is 0.358 e. The number of ether oxygens (including phenoxy) is 1. The molecule has 1 fully saturated rings. The van der Waals surface area contributed by atoms with Crippen LogP contribution >= 0.6 is 0 Å². The number of halogens is 3. The van der Waals surface area contributed by atoms with E-state index < -0.39 is 13.1 Å². The Morgan fingerprint density at radius 2 is 2.16 bits per heavy atom. The van der Waals surface area contributed by atoms with Gasteiger partial charge in [0, 0.05) is 19.6 Å². The molecule has 8 heteroatoms. The van der Waals surface area contributed by atoms with Gasteiger partial charge in [-0.25, -0.2) is 0 Å². The molecule has 2 unspecified atom stereocenters. The summed E-state index contributed by atoms with van der Waals surface area (Å²) >= 11 is 0. The molecule has 1 amide bonds. The summed E-state index contributed by atoms with van der Waals surface area (Å²) in [5.41, 5.74) is 0. The molecule has 0 aromatic heterocycles. The van der Waals surface area contributed by atoms with E-state index in [1.54, 1.807) is 14.1 Å². The van der Waals surface area contributed by atoms with Crippen LogP contribution in [0.1, 0.15) is 19.3 Å². The predicted molar refractivity (Wildman–Crippen MR) is 63.3 cm³/mol. The van der Waals surface area contributed by atoms with Crippen molar-refractivity contribution in [2.45, 2.75) is 37.7 Å². The average Bonchev–Trinajstić information content (AvgIpc) is 2.80. The lowest BCUT2D eigenvalue weighted by atomic mass is 10.1. The Hall–Kier alpha value is -0.860. The highest BCUT2D eigenvalue weighted by Gasteiger charge is 2.30. The molecule has 0 aromatic carbocycles. The second kappa shape index (κ2) is 7.06. The topological polar surface area (TPSA) is 53.6 Å². The lowest BCUT2D eigenvalue weighted by Crippen LogP contribution is -2.42. The van der Waals surface area contributed by atoms with Crippen LogP contribution in [-0.2, 0) is 9.53 Å². The van der Waals surface area contributed by atoms with E-state index in [4.69, 9.17) is 0 Å². The van der Waals surface area contributed by atoms with Gasteiger partial charge in [0.05, 0.1) is 6.04 Å². The van der Waals surface area contributed by atoms with Gasteiger partial charge in [0.1, 0.15) is 6.73 Å². The fraction of sp³-hybridized carbons (Fsp3) is 0.909. The minimum atomic E-state index is -4.59. The van der Waals surface area contributed by atoms with Gasteiger partial charge in [0.15, 0.2) is 0 Å². The van der Waals surface area contributed by atoms with Crippen LogP contribution in [0, 0.1) is 0 Å². The highest BCUT2D eigenvalue weighted by Crippen LogP contribution is 2.17. The molecule has 2 atom stereocenters. The standard InChI is InChI=1S/C11H20F3N3O2/c1-15-10(18)9-4-3-8(16-9)5-6-17(2)7-19-11(12,13)14/h8-9,16H,3-7H2,1-2H3,(H,15,18). The molecule has 1 aliphatic heterocycles. The molecule has 0 saturated carbocycles. The normalized spacial score (nSPS) is 23.9. The molecule has 0 radical (unpaired) electrons. The Bertz CT molecular complexity index is 299. The van der Waals surface area contributed by atoms with Gasteiger partial charge in [-0.3, -0.25) is 14.4 Å². The lowest BCUT2D eigenvalue weighted by molar-refractivity contribution is -0.335. The first-order valence-corrected chi connectivity index (χ1v) is 6.18. The van der Waals surface area contributed by atoms with Crippen molar-refractivity contribution in [2.24, 2.45) is 0 Å². The van der Waals surface area contributed by atoms with Crippen molar-refractivity contribution < 1.29 is 22.7 Å². The molecule has 0 aliphatic carbocycles. The van der Waals surface area contributed by atoms with E-state index in [1.807, 2.05) is 0 Å². The largest absolute Gasteiger partial charge is 0.523 e. The number of nitrogens with zero attached hydrogens (tertiary/aromatic N) is 1. The molecule has 19 heavy (non-hydrogen) atoms. The number of carbonyl (C=O) groups is 1. The van der Waals surface area contributed by atoms with Crippen molar-refractivity contribution in [2.75, 3.05) is 27.4 Å². The van der Waals surface area contributed by atoms with Crippen molar-refractivity contribution >= 4 is 5.91 Å². The zero-order valence-corrected chi connectivity index (χ0v) is 11.1. The summed E-state index contributed by atoms with van der Waals surface area (Å²) < 4.78 is 39.2. The van der Waals surface area contributed by atoms with Gasteiger partial charge in [-0.05, 0) is 26.3 Å². The predicted octanol–water partition coefficient (Wildman–Crippen LogP) is 0.669. The van der Waals surface area contributed by atoms with Crippen LogP contribution in [0.3, 0.4) is 0 Å². The fourth-order valence-corrected chi connectivity index (χ4v) is 2.05. The first-order valence-electron chi connectivity index (χ1n) is 6.18. The first-order chi connectivity index (χ1) is 8.81. The van der Waals surface area contributed by atoms with E-state index in [9.17, 15) is 18.0 Å². The Balaban J connectivity index is 2.18. The van der Waals surface area contributed by atoms with Gasteiger partial charge in [-0.15, -0.1) is 13.2 Å². The van der Waals surface area contributed by atoms with Crippen LogP contribution in [0.25, 0.3) is 0 Å². The summed E-state index contributed by atoms with van der Waals surface area (Å²) in [6.07, 6.45) is -2.30. The van der Waals surface area contributed by atoms with Crippen molar-refractivity contribution in [1.29, 1.82) is 0 Å². The highest BCUT2D eigenvalue weighted by molar-refractivity contribution is 5.81. The van der Waals surface area contributed by atoms with Crippen LogP contribution in [0.2, 0.25) is 0 Å². The fourth-order valence-electron chi connectivity index (χ4n) is 2.05. The summed E-state index contributed by atoms with van der Waals surface area (Å²) in [4.78, 5) is 12.8. The number of hydrogen-bond acceptors (Lipinski definition) is 4. The lowest BCUT2D eigenvalue weighted by Gasteiger charge is -2.20. The maximum absolute atomic E-state index is 11.8. The minimum absolute atomic E-state index is 0.0451. The molecule has 0 spiro atoms. The number of alkyl halides is 3. The van der Waals surface area contributed by atoms with Crippen LogP contribution in [-0.4, -0.2) is 56.6 Å². The zero-order chi connectivity index (χ0) is 14.5. The Morgan fingerprint density at radius 3 is 2.74 bits per heavy atom. The van der Waals surface area contributed by atoms with E-state index in [0.29, 0.717) is 13.0 Å². The molecule has 112 valence electrons. The highest BCUT2D eigenvalue weighted by atomic mass is 19.4. The third kappa shape index (κ3) is 6.22. The molecule has 1 saturated heterocycles. The summed E-state index contributed by atoms with van der Waals surface area (Å²) in [7, 11) is 3.15. The van der Waals surface area contributed by atoms with Gasteiger partial charge in [0.25, 0.3) is 0 Å². The van der Waals surface area contributed by atoms with Crippen molar-refractivity contribution in [3.8, 4) is 0 Å². The summed E-state index contributed by atoms with van der Waals surface area (Å²) in [5, 5.41) is 5.74. The van der Waals surface area contributed by atoms with E-state index in [2.05, 4.69) is 15.4 Å². The second-order valence-electron chi connectivity index (χ2n) is 4.70. The van der Waals surface area contributed by atoms with E-state index in [0.717, 1.165) is 12.8 Å². The van der Waals surface area contributed by atoms with Crippen molar-refractivity contribution in [3.05, 3.63) is 0 Å². The molecular formula is C11H20F3N3O2. The quantitative estimate of drug-likeness (QED) is 0.704. The number of rotatable bonds is 6. The zero-order valence-electron chi connectivity index (χ0n) is 11.1. The number of nitrogens with one attached hydrogen (secondary N) is 2. The second-order valence-corrected chi connectivity index (χ2v) is 4.70. The molecule has 1 rings (SSSR count). The monoisotopic (exact) mass is 283 g/mol. The third-order valence-electron chi connectivity index (χ3n) is 3.11. The molecule has 1 aliphatic rings. The maximum atomic E-state index is 11.8. The van der Waals surface area contributed by atoms with E-state index in [1.165, 1.54) is 4.90 Å². The Labute approximate surface area is 110 Å². The summed E-state index contributed by atoms with van der Waals surface area (Å²) in [5.74, 6) is -0.0451. The third-order valence-corrected chi connectivity index (χ3v) is 3.11. The van der Waals surface area contributed by atoms with Crippen molar-refractivity contribution in [3.63, 3.8) is 0 Å². The van der Waals surface area contributed by atoms with E-state index >= 15 is 0 Å². The van der Waals surface area contributed by atoms with Gasteiger partial charge >= 0.3 is 6.36 Å². The summed E-state index contributed by atoms with van der Waals surface area (Å²) in [6.45, 7) is 0.00328. The SMILES string of the molecule is CNC(=O)C1CCC(CCN(C)COC(F)(F)F)N1. The molecule has 1 heterocycles. The van der Waals surface area contributed by atoms with Crippen molar-refractivity contribution in [1.82, 2.24) is 15.5 Å². The maximum Gasteiger partial charge on any atom is 0.523 e. The van der Waals surface area contributed by atoms with Gasteiger partial charge in [0.2, 0.25) is 5.91 Å². The van der Waals surface area contributed by atoms with Crippen LogP contribution in [0.4, 0.5) is 13.2 Å². The molecule has 5 nitrogen and oxygen atoms in total. The Morgan fingerprint density at radius 1 is 1.47 bits per heavy atom. The number of amides is 1. The summed E-state index contributed by atoms with van der Waals surface area (Å²) in [6, 6.07) is -0.0256. The van der Waals surface area contributed by atoms with Gasteiger partial charge in [-0.2, -0.15) is 0 Å². The van der Waals surface area contributed by atoms with Gasteiger partial charge < -0.3 is 10.6 Å². The van der Waals surface area contributed by atoms with Crippen LogP contribution < -0.4 is 10.6 Å². The van der Waals surface area contributed by atoms with Gasteiger partial charge in [-0.1, -0.05) is 0 Å². The molecule has 0 aromatic rings. The molecule has 2 N–H and O–H groups in total. The first kappa shape index (κ1) is 16.2. The van der Waals surface area contributed by atoms with E-state index in [-0.39, 0.29) is 18.0 Å². The Kier molecular flexibility index (Phi) is 6.02. The molecular weight excluding hydrogens is 263 g/mol. The minimum Gasteiger partial charge on any atom is -0.358 e.